The van der Waals surface area contributed by atoms with Crippen LogP contribution in [0.2, 0.25) is 0 Å². The zero-order valence-electron chi connectivity index (χ0n) is 10.4. The highest BCUT2D eigenvalue weighted by Gasteiger charge is 2.38. The lowest BCUT2D eigenvalue weighted by atomic mass is 10.2. The van der Waals surface area contributed by atoms with Gasteiger partial charge in [-0.25, -0.2) is 8.42 Å². The summed E-state index contributed by atoms with van der Waals surface area (Å²) in [6.45, 7) is 2.70. The van der Waals surface area contributed by atoms with E-state index in [-0.39, 0.29) is 12.2 Å². The molecule has 0 radical (unpaired) electrons. The van der Waals surface area contributed by atoms with Crippen LogP contribution in [-0.4, -0.2) is 42.3 Å². The van der Waals surface area contributed by atoms with Gasteiger partial charge in [-0.05, 0) is 13.8 Å². The number of nitrogens with one attached hydrogen (secondary N) is 1. The van der Waals surface area contributed by atoms with E-state index in [1.807, 2.05) is 0 Å². The van der Waals surface area contributed by atoms with Crippen LogP contribution < -0.4 is 5.32 Å². The molecule has 19 heavy (non-hydrogen) atoms. The Kier molecular flexibility index (Phi) is 3.42. The van der Waals surface area contributed by atoms with Crippen molar-refractivity contribution in [2.45, 2.75) is 25.6 Å². The summed E-state index contributed by atoms with van der Waals surface area (Å²) >= 11 is 0. The summed E-state index contributed by atoms with van der Waals surface area (Å²) in [5.41, 5.74) is 0.239. The molecule has 1 unspecified atom stereocenters. The smallest absolute Gasteiger partial charge is 0.244 e. The highest BCUT2D eigenvalue weighted by atomic mass is 32.2. The van der Waals surface area contributed by atoms with E-state index in [4.69, 9.17) is 4.52 Å². The maximum absolute atomic E-state index is 12.2. The highest BCUT2D eigenvalue weighted by molar-refractivity contribution is 7.88. The molecular weight excluding hydrogens is 274 g/mol. The number of piperazine rings is 1. The first-order valence-corrected chi connectivity index (χ1v) is 7.16. The molecule has 9 heteroatoms. The van der Waals surface area contributed by atoms with E-state index in [0.717, 1.165) is 4.31 Å². The summed E-state index contributed by atoms with van der Waals surface area (Å²) in [6.07, 6.45) is 0. The third-order valence-electron chi connectivity index (χ3n) is 2.74. The first-order valence-electron chi connectivity index (χ1n) is 5.55. The minimum Gasteiger partial charge on any atom is -0.361 e. The van der Waals surface area contributed by atoms with E-state index in [1.54, 1.807) is 6.92 Å². The monoisotopic (exact) mass is 287 g/mol. The number of aromatic nitrogens is 1. The van der Waals surface area contributed by atoms with E-state index in [2.05, 4.69) is 10.5 Å². The molecule has 8 nitrogen and oxygen atoms in total. The van der Waals surface area contributed by atoms with Gasteiger partial charge in [0.25, 0.3) is 0 Å². The van der Waals surface area contributed by atoms with Crippen LogP contribution >= 0.6 is 0 Å². The van der Waals surface area contributed by atoms with Crippen molar-refractivity contribution in [3.8, 4) is 0 Å². The van der Waals surface area contributed by atoms with Crippen molar-refractivity contribution in [1.82, 2.24) is 14.8 Å². The van der Waals surface area contributed by atoms with Crippen LogP contribution in [0.4, 0.5) is 0 Å². The summed E-state index contributed by atoms with van der Waals surface area (Å²) in [5, 5.41) is 5.67. The third-order valence-corrected chi connectivity index (χ3v) is 4.56. The molecule has 1 saturated heterocycles. The van der Waals surface area contributed by atoms with Gasteiger partial charge >= 0.3 is 0 Å². The zero-order chi connectivity index (χ0) is 14.2. The molecule has 0 saturated carbocycles. The largest absolute Gasteiger partial charge is 0.361 e. The fourth-order valence-corrected chi connectivity index (χ4v) is 3.35. The Balaban J connectivity index is 2.23. The third kappa shape index (κ3) is 2.82. The molecule has 1 aliphatic heterocycles. The van der Waals surface area contributed by atoms with Crippen molar-refractivity contribution < 1.29 is 22.5 Å². The summed E-state index contributed by atoms with van der Waals surface area (Å²) in [6, 6.07) is 0.573. The Labute approximate surface area is 109 Å². The first kappa shape index (κ1) is 13.7. The fourth-order valence-electron chi connectivity index (χ4n) is 1.79. The summed E-state index contributed by atoms with van der Waals surface area (Å²) in [7, 11) is -3.81. The van der Waals surface area contributed by atoms with Gasteiger partial charge in [0.05, 0.1) is 6.54 Å². The van der Waals surface area contributed by atoms with Crippen molar-refractivity contribution in [3.63, 3.8) is 0 Å². The van der Waals surface area contributed by atoms with Crippen molar-refractivity contribution in [3.05, 3.63) is 17.5 Å². The average Bonchev–Trinajstić information content (AvgIpc) is 2.68. The maximum atomic E-state index is 12.2. The number of hydrogen-bond acceptors (Lipinski definition) is 6. The van der Waals surface area contributed by atoms with Gasteiger partial charge in [-0.15, -0.1) is 0 Å². The number of carbonyl (C=O) groups excluding carboxylic acids is 2. The van der Waals surface area contributed by atoms with E-state index in [9.17, 15) is 18.0 Å². The fraction of sp³-hybridized carbons (Fsp3) is 0.500. The minimum absolute atomic E-state index is 0.239. The Morgan fingerprint density at radius 1 is 1.53 bits per heavy atom. The molecule has 104 valence electrons. The van der Waals surface area contributed by atoms with Crippen LogP contribution in [0.25, 0.3) is 0 Å². The normalized spacial score (nSPS) is 21.5. The van der Waals surface area contributed by atoms with Gasteiger partial charge in [-0.1, -0.05) is 5.16 Å². The summed E-state index contributed by atoms with van der Waals surface area (Å²) in [5.74, 6) is -1.18. The molecule has 0 aromatic carbocycles. The maximum Gasteiger partial charge on any atom is 0.244 e. The van der Waals surface area contributed by atoms with Crippen LogP contribution in [0, 0.1) is 6.92 Å². The molecule has 2 heterocycles. The quantitative estimate of drug-likeness (QED) is 0.726. The van der Waals surface area contributed by atoms with E-state index < -0.39 is 33.6 Å². The number of amides is 2. The van der Waals surface area contributed by atoms with Gasteiger partial charge in [0.15, 0.2) is 0 Å². The number of nitrogens with zero attached hydrogens (tertiary/aromatic N) is 2. The first-order chi connectivity index (χ1) is 8.79. The molecule has 1 aromatic heterocycles. The second-order valence-electron chi connectivity index (χ2n) is 4.32. The van der Waals surface area contributed by atoms with Crippen LogP contribution in [0.5, 0.6) is 0 Å². The molecule has 1 aromatic rings. The van der Waals surface area contributed by atoms with Gasteiger partial charge in [0.2, 0.25) is 21.8 Å². The molecule has 0 spiro atoms. The Bertz CT molecular complexity index is 621. The SMILES string of the molecule is Cc1cc(CS(=O)(=O)N2CC(=O)NC(=O)C2C)no1. The topological polar surface area (TPSA) is 110 Å². The molecule has 1 atom stereocenters. The van der Waals surface area contributed by atoms with Crippen LogP contribution in [0.15, 0.2) is 10.6 Å². The number of carbonyl (C=O) groups is 2. The number of rotatable bonds is 3. The molecule has 0 bridgehead atoms. The van der Waals surface area contributed by atoms with Gasteiger partial charge in [0, 0.05) is 6.07 Å². The average molecular weight is 287 g/mol. The van der Waals surface area contributed by atoms with Gasteiger partial charge in [-0.3, -0.25) is 14.9 Å². The second-order valence-corrected chi connectivity index (χ2v) is 6.24. The molecular formula is C10H13N3O5S. The zero-order valence-corrected chi connectivity index (χ0v) is 11.2. The standard InChI is InChI=1S/C10H13N3O5S/c1-6-3-8(12-18-6)5-19(16,17)13-4-9(14)11-10(15)7(13)2/h3,7H,4-5H2,1-2H3,(H,11,14,15). The Morgan fingerprint density at radius 3 is 2.79 bits per heavy atom. The van der Waals surface area contributed by atoms with Crippen molar-refractivity contribution >= 4 is 21.8 Å². The molecule has 1 fully saturated rings. The van der Waals surface area contributed by atoms with Crippen molar-refractivity contribution in [2.24, 2.45) is 0 Å². The lowest BCUT2D eigenvalue weighted by Gasteiger charge is -2.30. The van der Waals surface area contributed by atoms with Crippen LogP contribution in [0.1, 0.15) is 18.4 Å². The van der Waals surface area contributed by atoms with Crippen molar-refractivity contribution in [2.75, 3.05) is 6.54 Å². The number of aryl methyl sites for hydroxylation is 1. The second kappa shape index (κ2) is 4.74. The molecule has 1 aliphatic rings. The Hall–Kier alpha value is -1.74. The van der Waals surface area contributed by atoms with Gasteiger partial charge in [0.1, 0.15) is 23.2 Å². The number of imide groups is 1. The number of sulfonamides is 1. The van der Waals surface area contributed by atoms with E-state index in [1.165, 1.54) is 13.0 Å². The lowest BCUT2D eigenvalue weighted by molar-refractivity contribution is -0.136. The Morgan fingerprint density at radius 2 is 2.21 bits per heavy atom. The minimum atomic E-state index is -3.81. The molecule has 2 amide bonds. The predicted octanol–water partition coefficient (Wildman–Crippen LogP) is -0.840. The highest BCUT2D eigenvalue weighted by Crippen LogP contribution is 2.16. The number of hydrogen-bond donors (Lipinski definition) is 1. The molecule has 2 rings (SSSR count). The van der Waals surface area contributed by atoms with Crippen molar-refractivity contribution in [1.29, 1.82) is 0 Å². The van der Waals surface area contributed by atoms with Gasteiger partial charge < -0.3 is 4.52 Å². The molecule has 0 aliphatic carbocycles. The summed E-state index contributed by atoms with van der Waals surface area (Å²) < 4.78 is 30.0. The van der Waals surface area contributed by atoms with E-state index in [0.29, 0.717) is 5.76 Å². The summed E-state index contributed by atoms with van der Waals surface area (Å²) in [4.78, 5) is 22.7. The van der Waals surface area contributed by atoms with Crippen LogP contribution in [0.3, 0.4) is 0 Å². The predicted molar refractivity (Wildman–Crippen MR) is 63.2 cm³/mol. The van der Waals surface area contributed by atoms with Gasteiger partial charge in [-0.2, -0.15) is 4.31 Å². The van der Waals surface area contributed by atoms with Crippen LogP contribution in [-0.2, 0) is 25.4 Å². The molecule has 1 N–H and O–H groups in total. The lowest BCUT2D eigenvalue weighted by Crippen LogP contribution is -2.58. The van der Waals surface area contributed by atoms with E-state index >= 15 is 0 Å².